The van der Waals surface area contributed by atoms with Crippen molar-refractivity contribution in [2.75, 3.05) is 18.8 Å². The smallest absolute Gasteiger partial charge is 0.256 e. The minimum Gasteiger partial charge on any atom is -0.397 e. The Bertz CT molecular complexity index is 480. The molecule has 0 bridgehead atoms. The Morgan fingerprint density at radius 3 is 2.94 bits per heavy atom. The van der Waals surface area contributed by atoms with Crippen molar-refractivity contribution < 1.29 is 4.79 Å². The molecule has 4 nitrogen and oxygen atoms in total. The molecule has 0 spiro atoms. The highest BCUT2D eigenvalue weighted by Gasteiger charge is 2.20. The molecule has 0 fully saturated rings. The molecule has 17 heavy (non-hydrogen) atoms. The lowest BCUT2D eigenvalue weighted by Crippen LogP contribution is -2.35. The van der Waals surface area contributed by atoms with Crippen molar-refractivity contribution in [1.29, 1.82) is 0 Å². The maximum absolute atomic E-state index is 12.3. The third kappa shape index (κ3) is 2.46. The number of anilines is 1. The molecule has 4 heteroatoms. The van der Waals surface area contributed by atoms with Gasteiger partial charge in [0.2, 0.25) is 0 Å². The second kappa shape index (κ2) is 4.57. The lowest BCUT2D eigenvalue weighted by atomic mass is 10.1. The van der Waals surface area contributed by atoms with E-state index in [1.807, 2.05) is 18.7 Å². The zero-order valence-corrected chi connectivity index (χ0v) is 10.2. The van der Waals surface area contributed by atoms with Crippen molar-refractivity contribution in [1.82, 2.24) is 9.88 Å². The highest BCUT2D eigenvalue weighted by Crippen LogP contribution is 2.16. The van der Waals surface area contributed by atoms with Crippen molar-refractivity contribution in [3.63, 3.8) is 0 Å². The number of carbonyl (C=O) groups is 1. The Hall–Kier alpha value is -1.84. The molecule has 1 amide bonds. The molecule has 0 radical (unpaired) electrons. The van der Waals surface area contributed by atoms with E-state index in [4.69, 9.17) is 5.73 Å². The molecular formula is C13H17N3O. The number of nitrogens with zero attached hydrogens (tertiary/aromatic N) is 2. The summed E-state index contributed by atoms with van der Waals surface area (Å²) in [6, 6.07) is 1.71. The number of aryl methyl sites for hydroxylation is 1. The van der Waals surface area contributed by atoms with Gasteiger partial charge < -0.3 is 10.6 Å². The molecule has 1 aromatic rings. The Labute approximate surface area is 101 Å². The molecule has 0 saturated heterocycles. The highest BCUT2D eigenvalue weighted by atomic mass is 16.2. The monoisotopic (exact) mass is 231 g/mol. The van der Waals surface area contributed by atoms with Gasteiger partial charge in [0.05, 0.1) is 23.1 Å². The van der Waals surface area contributed by atoms with E-state index < -0.39 is 0 Å². The van der Waals surface area contributed by atoms with Gasteiger partial charge in [-0.25, -0.2) is 0 Å². The summed E-state index contributed by atoms with van der Waals surface area (Å²) in [4.78, 5) is 18.3. The summed E-state index contributed by atoms with van der Waals surface area (Å²) in [7, 11) is 0. The zero-order valence-electron chi connectivity index (χ0n) is 10.2. The van der Waals surface area contributed by atoms with E-state index in [-0.39, 0.29) is 5.91 Å². The summed E-state index contributed by atoms with van der Waals surface area (Å²) in [5.74, 6) is 0.0229. The van der Waals surface area contributed by atoms with E-state index >= 15 is 0 Å². The number of hydrogen-bond acceptors (Lipinski definition) is 3. The van der Waals surface area contributed by atoms with E-state index in [1.54, 1.807) is 12.3 Å². The van der Waals surface area contributed by atoms with E-state index in [0.29, 0.717) is 17.8 Å². The van der Waals surface area contributed by atoms with Crippen LogP contribution in [0.25, 0.3) is 0 Å². The van der Waals surface area contributed by atoms with Crippen LogP contribution in [0, 0.1) is 6.92 Å². The normalized spacial score (nSPS) is 15.6. The number of rotatable bonds is 1. The maximum Gasteiger partial charge on any atom is 0.256 e. The van der Waals surface area contributed by atoms with Gasteiger partial charge in [0.25, 0.3) is 5.91 Å². The van der Waals surface area contributed by atoms with Crippen molar-refractivity contribution in [3.8, 4) is 0 Å². The van der Waals surface area contributed by atoms with Crippen molar-refractivity contribution in [2.45, 2.75) is 20.3 Å². The van der Waals surface area contributed by atoms with Crippen LogP contribution in [-0.2, 0) is 0 Å². The second-order valence-electron chi connectivity index (χ2n) is 4.47. The highest BCUT2D eigenvalue weighted by molar-refractivity contribution is 5.96. The second-order valence-corrected chi connectivity index (χ2v) is 4.47. The topological polar surface area (TPSA) is 59.2 Å². The molecule has 0 saturated carbocycles. The first-order valence-corrected chi connectivity index (χ1v) is 5.75. The summed E-state index contributed by atoms with van der Waals surface area (Å²) in [5, 5.41) is 0. The third-order valence-corrected chi connectivity index (χ3v) is 2.96. The van der Waals surface area contributed by atoms with Gasteiger partial charge in [0.15, 0.2) is 0 Å². The maximum atomic E-state index is 12.3. The molecule has 0 aliphatic carbocycles. The largest absolute Gasteiger partial charge is 0.397 e. The molecule has 1 aromatic heterocycles. The number of hydrogen-bond donors (Lipinski definition) is 1. The van der Waals surface area contributed by atoms with Crippen molar-refractivity contribution in [3.05, 3.63) is 35.2 Å². The Morgan fingerprint density at radius 2 is 2.24 bits per heavy atom. The Morgan fingerprint density at radius 1 is 1.47 bits per heavy atom. The van der Waals surface area contributed by atoms with Gasteiger partial charge in [-0.1, -0.05) is 11.6 Å². The summed E-state index contributed by atoms with van der Waals surface area (Å²) in [5.41, 5.74) is 8.79. The number of carbonyl (C=O) groups excluding carboxylic acids is 1. The molecule has 0 unspecified atom stereocenters. The fourth-order valence-corrected chi connectivity index (χ4v) is 2.02. The quantitative estimate of drug-likeness (QED) is 0.749. The average molecular weight is 231 g/mol. The number of amides is 1. The van der Waals surface area contributed by atoms with Crippen LogP contribution in [0.2, 0.25) is 0 Å². The van der Waals surface area contributed by atoms with Gasteiger partial charge in [0, 0.05) is 13.1 Å². The molecular weight excluding hydrogens is 214 g/mol. The van der Waals surface area contributed by atoms with Gasteiger partial charge in [-0.05, 0) is 26.3 Å². The summed E-state index contributed by atoms with van der Waals surface area (Å²) < 4.78 is 0. The predicted octanol–water partition coefficient (Wildman–Crippen LogP) is 1.76. The average Bonchev–Trinajstić information content (AvgIpc) is 2.31. The van der Waals surface area contributed by atoms with Gasteiger partial charge in [-0.3, -0.25) is 9.78 Å². The van der Waals surface area contributed by atoms with Crippen LogP contribution in [-0.4, -0.2) is 28.9 Å². The van der Waals surface area contributed by atoms with Gasteiger partial charge in [-0.2, -0.15) is 0 Å². The lowest BCUT2D eigenvalue weighted by Gasteiger charge is -2.26. The summed E-state index contributed by atoms with van der Waals surface area (Å²) in [6.45, 7) is 5.35. The fourth-order valence-electron chi connectivity index (χ4n) is 2.02. The van der Waals surface area contributed by atoms with Gasteiger partial charge in [-0.15, -0.1) is 0 Å². The van der Waals surface area contributed by atoms with E-state index in [2.05, 4.69) is 11.1 Å². The van der Waals surface area contributed by atoms with Crippen LogP contribution in [0.3, 0.4) is 0 Å². The molecule has 90 valence electrons. The van der Waals surface area contributed by atoms with Crippen LogP contribution in [0.5, 0.6) is 0 Å². The Balaban J connectivity index is 2.25. The van der Waals surface area contributed by atoms with Crippen LogP contribution in [0.4, 0.5) is 5.69 Å². The minimum atomic E-state index is 0.0229. The first-order valence-electron chi connectivity index (χ1n) is 5.75. The molecule has 0 aromatic carbocycles. The van der Waals surface area contributed by atoms with E-state index in [0.717, 1.165) is 18.7 Å². The van der Waals surface area contributed by atoms with E-state index in [1.165, 1.54) is 5.57 Å². The molecule has 2 N–H and O–H groups in total. The summed E-state index contributed by atoms with van der Waals surface area (Å²) >= 11 is 0. The minimum absolute atomic E-state index is 0.0229. The van der Waals surface area contributed by atoms with Gasteiger partial charge >= 0.3 is 0 Å². The molecule has 2 rings (SSSR count). The SMILES string of the molecule is CC1=CCCN(C(=O)c2cc(N)cnc2C)C1. The lowest BCUT2D eigenvalue weighted by molar-refractivity contribution is 0.0765. The van der Waals surface area contributed by atoms with Crippen LogP contribution < -0.4 is 5.73 Å². The third-order valence-electron chi connectivity index (χ3n) is 2.96. The van der Waals surface area contributed by atoms with Gasteiger partial charge in [0.1, 0.15) is 0 Å². The van der Waals surface area contributed by atoms with Crippen molar-refractivity contribution in [2.24, 2.45) is 0 Å². The van der Waals surface area contributed by atoms with Crippen LogP contribution in [0.15, 0.2) is 23.9 Å². The standard InChI is InChI=1S/C13H17N3O/c1-9-4-3-5-16(8-9)13(17)12-6-11(14)7-15-10(12)2/h4,6-7H,3,5,8,14H2,1-2H3. The molecule has 1 aliphatic rings. The van der Waals surface area contributed by atoms with Crippen LogP contribution >= 0.6 is 0 Å². The number of pyridine rings is 1. The van der Waals surface area contributed by atoms with E-state index in [9.17, 15) is 4.79 Å². The molecule has 0 atom stereocenters. The predicted molar refractivity (Wildman–Crippen MR) is 67.7 cm³/mol. The molecule has 1 aliphatic heterocycles. The summed E-state index contributed by atoms with van der Waals surface area (Å²) in [6.07, 6.45) is 4.67. The number of nitrogens with two attached hydrogens (primary N) is 1. The van der Waals surface area contributed by atoms with Crippen LogP contribution in [0.1, 0.15) is 29.4 Å². The fraction of sp³-hybridized carbons (Fsp3) is 0.385. The Kier molecular flexibility index (Phi) is 3.13. The first-order chi connectivity index (χ1) is 8.08. The molecule has 2 heterocycles. The zero-order chi connectivity index (χ0) is 12.4. The number of aromatic nitrogens is 1. The van der Waals surface area contributed by atoms with Crippen molar-refractivity contribution >= 4 is 11.6 Å². The number of nitrogen functional groups attached to an aromatic ring is 1. The first kappa shape index (κ1) is 11.6.